The number of aromatic amines is 1. The van der Waals surface area contributed by atoms with Crippen LogP contribution in [0.5, 0.6) is 0 Å². The van der Waals surface area contributed by atoms with E-state index >= 15 is 0 Å². The number of hydrogen-bond acceptors (Lipinski definition) is 3. The lowest BCUT2D eigenvalue weighted by Gasteiger charge is -2.07. The van der Waals surface area contributed by atoms with Crippen LogP contribution >= 0.6 is 0 Å². The van der Waals surface area contributed by atoms with E-state index in [-0.39, 0.29) is 5.56 Å². The fourth-order valence-corrected chi connectivity index (χ4v) is 2.19. The molecule has 0 spiro atoms. The molecule has 20 heavy (non-hydrogen) atoms. The third-order valence-electron chi connectivity index (χ3n) is 3.21. The van der Waals surface area contributed by atoms with E-state index < -0.39 is 0 Å². The van der Waals surface area contributed by atoms with Crippen molar-refractivity contribution in [2.24, 2.45) is 0 Å². The monoisotopic (exact) mass is 265 g/mol. The number of nitrogens with zero attached hydrogens (tertiary/aromatic N) is 1. The fraction of sp³-hybridized carbons (Fsp3) is 0.125. The molecule has 0 saturated heterocycles. The van der Waals surface area contributed by atoms with Crippen LogP contribution in [0.2, 0.25) is 0 Å². The minimum atomic E-state index is -0.0630. The summed E-state index contributed by atoms with van der Waals surface area (Å²) in [7, 11) is 0. The Bertz CT molecular complexity index is 765. The first-order valence-corrected chi connectivity index (χ1v) is 6.58. The Morgan fingerprint density at radius 1 is 1.15 bits per heavy atom. The number of aromatic nitrogens is 2. The Balaban J connectivity index is 1.73. The molecule has 0 aliphatic heterocycles. The van der Waals surface area contributed by atoms with Gasteiger partial charge in [-0.3, -0.25) is 9.78 Å². The van der Waals surface area contributed by atoms with Gasteiger partial charge < -0.3 is 10.3 Å². The van der Waals surface area contributed by atoms with Crippen LogP contribution in [0.15, 0.2) is 59.7 Å². The average Bonchev–Trinajstić information content (AvgIpc) is 2.48. The van der Waals surface area contributed by atoms with Crippen LogP contribution in [-0.2, 0) is 6.42 Å². The molecule has 4 heteroatoms. The van der Waals surface area contributed by atoms with Crippen LogP contribution in [0.3, 0.4) is 0 Å². The van der Waals surface area contributed by atoms with Gasteiger partial charge in [0.25, 0.3) is 5.56 Å². The summed E-state index contributed by atoms with van der Waals surface area (Å²) in [4.78, 5) is 18.9. The zero-order valence-corrected chi connectivity index (χ0v) is 11.0. The molecule has 0 aliphatic rings. The highest BCUT2D eigenvalue weighted by Crippen LogP contribution is 2.12. The van der Waals surface area contributed by atoms with Gasteiger partial charge in [-0.2, -0.15) is 0 Å². The van der Waals surface area contributed by atoms with Gasteiger partial charge in [-0.1, -0.05) is 24.3 Å². The van der Waals surface area contributed by atoms with Crippen LogP contribution < -0.4 is 10.9 Å². The number of anilines is 1. The number of hydrogen-bond donors (Lipinski definition) is 2. The summed E-state index contributed by atoms with van der Waals surface area (Å²) >= 11 is 0. The van der Waals surface area contributed by atoms with E-state index in [2.05, 4.69) is 15.3 Å². The van der Waals surface area contributed by atoms with E-state index in [9.17, 15) is 4.79 Å². The zero-order valence-electron chi connectivity index (χ0n) is 11.0. The number of fused-ring (bicyclic) bond motifs is 1. The Morgan fingerprint density at radius 2 is 2.05 bits per heavy atom. The van der Waals surface area contributed by atoms with E-state index in [1.54, 1.807) is 6.20 Å². The van der Waals surface area contributed by atoms with E-state index in [1.807, 2.05) is 48.7 Å². The van der Waals surface area contributed by atoms with Crippen molar-refractivity contribution in [3.63, 3.8) is 0 Å². The topological polar surface area (TPSA) is 57.8 Å². The Kier molecular flexibility index (Phi) is 3.46. The molecule has 2 heterocycles. The molecule has 100 valence electrons. The lowest BCUT2D eigenvalue weighted by atomic mass is 10.2. The van der Waals surface area contributed by atoms with Gasteiger partial charge in [0.05, 0.1) is 0 Å². The van der Waals surface area contributed by atoms with Gasteiger partial charge in [0.2, 0.25) is 0 Å². The minimum Gasteiger partial charge on any atom is -0.371 e. The molecular weight excluding hydrogens is 250 g/mol. The summed E-state index contributed by atoms with van der Waals surface area (Å²) in [6, 6.07) is 13.5. The second-order valence-electron chi connectivity index (χ2n) is 4.64. The van der Waals surface area contributed by atoms with Crippen molar-refractivity contribution in [2.75, 3.05) is 11.9 Å². The highest BCUT2D eigenvalue weighted by Gasteiger charge is 2.00. The van der Waals surface area contributed by atoms with E-state index in [0.717, 1.165) is 24.2 Å². The van der Waals surface area contributed by atoms with Crippen molar-refractivity contribution >= 4 is 16.6 Å². The second kappa shape index (κ2) is 5.57. The molecule has 0 saturated carbocycles. The van der Waals surface area contributed by atoms with Crippen LogP contribution in [-0.4, -0.2) is 16.5 Å². The van der Waals surface area contributed by atoms with Gasteiger partial charge in [0.15, 0.2) is 0 Å². The van der Waals surface area contributed by atoms with E-state index in [0.29, 0.717) is 5.39 Å². The van der Waals surface area contributed by atoms with Gasteiger partial charge in [-0.05, 0) is 35.6 Å². The molecule has 0 radical (unpaired) electrons. The molecule has 2 N–H and O–H groups in total. The molecule has 0 unspecified atom stereocenters. The van der Waals surface area contributed by atoms with E-state index in [4.69, 9.17) is 0 Å². The Labute approximate surface area is 116 Å². The Hall–Kier alpha value is -2.62. The largest absolute Gasteiger partial charge is 0.371 e. The summed E-state index contributed by atoms with van der Waals surface area (Å²) in [5, 5.41) is 4.90. The summed E-state index contributed by atoms with van der Waals surface area (Å²) < 4.78 is 0. The van der Waals surface area contributed by atoms with E-state index in [1.165, 1.54) is 5.56 Å². The second-order valence-corrected chi connectivity index (χ2v) is 4.64. The summed E-state index contributed by atoms with van der Waals surface area (Å²) in [6.45, 7) is 0.750. The minimum absolute atomic E-state index is 0.0630. The molecule has 1 aromatic carbocycles. The molecule has 0 aliphatic carbocycles. The van der Waals surface area contributed by atoms with Gasteiger partial charge in [0, 0.05) is 24.3 Å². The number of rotatable bonds is 4. The van der Waals surface area contributed by atoms with Crippen molar-refractivity contribution in [2.45, 2.75) is 6.42 Å². The highest BCUT2D eigenvalue weighted by molar-refractivity contribution is 5.83. The maximum absolute atomic E-state index is 11.9. The van der Waals surface area contributed by atoms with Crippen LogP contribution in [0.1, 0.15) is 5.56 Å². The number of nitrogens with one attached hydrogen (secondary N) is 2. The molecule has 0 atom stereocenters. The van der Waals surface area contributed by atoms with Gasteiger partial charge >= 0.3 is 0 Å². The van der Waals surface area contributed by atoms with Gasteiger partial charge in [0.1, 0.15) is 5.82 Å². The lowest BCUT2D eigenvalue weighted by molar-refractivity contribution is 0.992. The smallest absolute Gasteiger partial charge is 0.257 e. The predicted molar refractivity (Wildman–Crippen MR) is 81.0 cm³/mol. The fourth-order valence-electron chi connectivity index (χ4n) is 2.19. The highest BCUT2D eigenvalue weighted by atomic mass is 16.1. The molecule has 2 aromatic heterocycles. The molecule has 4 nitrogen and oxygen atoms in total. The average molecular weight is 265 g/mol. The maximum Gasteiger partial charge on any atom is 0.257 e. The number of pyridine rings is 2. The third kappa shape index (κ3) is 2.69. The summed E-state index contributed by atoms with van der Waals surface area (Å²) in [5.74, 6) is 0.748. The normalized spacial score (nSPS) is 10.6. The van der Waals surface area contributed by atoms with Crippen molar-refractivity contribution in [1.82, 2.24) is 9.97 Å². The molecule has 0 fully saturated rings. The number of H-pyrrole nitrogens is 1. The van der Waals surface area contributed by atoms with Crippen LogP contribution in [0.25, 0.3) is 10.8 Å². The lowest BCUT2D eigenvalue weighted by Crippen LogP contribution is -2.12. The van der Waals surface area contributed by atoms with Crippen LogP contribution in [0, 0.1) is 0 Å². The molecular formula is C16H15N3O. The molecule has 0 bridgehead atoms. The van der Waals surface area contributed by atoms with Crippen molar-refractivity contribution in [3.05, 3.63) is 70.8 Å². The van der Waals surface area contributed by atoms with Crippen molar-refractivity contribution in [1.29, 1.82) is 0 Å². The molecule has 3 rings (SSSR count). The molecule has 0 amide bonds. The molecule has 3 aromatic rings. The SMILES string of the molecule is O=c1[nH]c(NCCc2cccnc2)cc2ccccc12. The summed E-state index contributed by atoms with van der Waals surface area (Å²) in [6.07, 6.45) is 4.48. The van der Waals surface area contributed by atoms with Crippen molar-refractivity contribution < 1.29 is 0 Å². The zero-order chi connectivity index (χ0) is 13.8. The quantitative estimate of drug-likeness (QED) is 0.762. The number of benzene rings is 1. The summed E-state index contributed by atoms with van der Waals surface area (Å²) in [5.41, 5.74) is 1.11. The first-order valence-electron chi connectivity index (χ1n) is 6.58. The maximum atomic E-state index is 11.9. The van der Waals surface area contributed by atoms with Gasteiger partial charge in [-0.15, -0.1) is 0 Å². The van der Waals surface area contributed by atoms with Crippen molar-refractivity contribution in [3.8, 4) is 0 Å². The third-order valence-corrected chi connectivity index (χ3v) is 3.21. The predicted octanol–water partition coefficient (Wildman–Crippen LogP) is 2.58. The first-order chi connectivity index (χ1) is 9.83. The van der Waals surface area contributed by atoms with Crippen LogP contribution in [0.4, 0.5) is 5.82 Å². The first kappa shape index (κ1) is 12.4. The standard InChI is InChI=1S/C16H15N3O/c20-16-14-6-2-1-5-13(14)10-15(19-16)18-9-7-12-4-3-8-17-11-12/h1-6,8,10-11H,7,9H2,(H2,18,19,20). The van der Waals surface area contributed by atoms with Gasteiger partial charge in [-0.25, -0.2) is 0 Å². The Morgan fingerprint density at radius 3 is 2.90 bits per heavy atom.